The number of furan rings is 1. The van der Waals surface area contributed by atoms with Crippen LogP contribution in [-0.4, -0.2) is 6.54 Å². The minimum absolute atomic E-state index is 0.382. The Morgan fingerprint density at radius 1 is 1.30 bits per heavy atom. The van der Waals surface area contributed by atoms with Crippen LogP contribution < -0.4 is 5.32 Å². The summed E-state index contributed by atoms with van der Waals surface area (Å²) >= 11 is 0. The van der Waals surface area contributed by atoms with Crippen LogP contribution in [0.1, 0.15) is 51.3 Å². The molecule has 2 heteroatoms. The smallest absolute Gasteiger partial charge is 0.134 e. The van der Waals surface area contributed by atoms with Crippen molar-refractivity contribution in [2.45, 2.75) is 45.6 Å². The number of para-hydroxylation sites is 1. The van der Waals surface area contributed by atoms with E-state index >= 15 is 0 Å². The number of benzene rings is 1. The molecule has 3 rings (SSSR count). The summed E-state index contributed by atoms with van der Waals surface area (Å²) < 4.78 is 6.11. The summed E-state index contributed by atoms with van der Waals surface area (Å²) in [6.45, 7) is 5.65. The lowest BCUT2D eigenvalue weighted by Gasteiger charge is -2.23. The Morgan fingerprint density at radius 3 is 2.85 bits per heavy atom. The third-order valence-electron chi connectivity index (χ3n) is 4.57. The third-order valence-corrected chi connectivity index (χ3v) is 4.57. The molecule has 1 aliphatic carbocycles. The van der Waals surface area contributed by atoms with Crippen molar-refractivity contribution in [2.24, 2.45) is 11.8 Å². The van der Waals surface area contributed by atoms with Crippen molar-refractivity contribution < 1.29 is 4.42 Å². The third kappa shape index (κ3) is 2.76. The van der Waals surface area contributed by atoms with Crippen LogP contribution >= 0.6 is 0 Å². The van der Waals surface area contributed by atoms with Gasteiger partial charge in [0.15, 0.2) is 0 Å². The second-order valence-corrected chi connectivity index (χ2v) is 6.30. The van der Waals surface area contributed by atoms with Crippen molar-refractivity contribution in [1.82, 2.24) is 5.32 Å². The van der Waals surface area contributed by atoms with Gasteiger partial charge in [0.05, 0.1) is 6.04 Å². The van der Waals surface area contributed by atoms with Crippen LogP contribution in [0.15, 0.2) is 34.7 Å². The van der Waals surface area contributed by atoms with Crippen molar-refractivity contribution in [1.29, 1.82) is 0 Å². The van der Waals surface area contributed by atoms with E-state index in [2.05, 4.69) is 43.4 Å². The van der Waals surface area contributed by atoms with Crippen LogP contribution in [0.2, 0.25) is 0 Å². The van der Waals surface area contributed by atoms with Gasteiger partial charge in [-0.05, 0) is 49.8 Å². The largest absolute Gasteiger partial charge is 0.459 e. The van der Waals surface area contributed by atoms with Crippen LogP contribution in [0, 0.1) is 11.8 Å². The maximum absolute atomic E-state index is 6.11. The van der Waals surface area contributed by atoms with Gasteiger partial charge in [-0.15, -0.1) is 0 Å². The fourth-order valence-electron chi connectivity index (χ4n) is 3.51. The Balaban J connectivity index is 1.87. The molecular formula is C18H25NO. The van der Waals surface area contributed by atoms with Crippen molar-refractivity contribution in [3.63, 3.8) is 0 Å². The maximum Gasteiger partial charge on any atom is 0.134 e. The molecular weight excluding hydrogens is 246 g/mol. The summed E-state index contributed by atoms with van der Waals surface area (Å²) in [5, 5.41) is 4.93. The zero-order valence-electron chi connectivity index (χ0n) is 12.6. The highest BCUT2D eigenvalue weighted by Gasteiger charge is 2.31. The van der Waals surface area contributed by atoms with E-state index in [0.29, 0.717) is 6.04 Å². The van der Waals surface area contributed by atoms with Gasteiger partial charge in [-0.2, -0.15) is 0 Å². The van der Waals surface area contributed by atoms with Gasteiger partial charge in [-0.25, -0.2) is 0 Å². The normalized spacial score (nSPS) is 24.3. The van der Waals surface area contributed by atoms with E-state index in [1.165, 1.54) is 31.1 Å². The molecule has 1 heterocycles. The molecule has 2 aromatic rings. The average molecular weight is 271 g/mol. The SMILES string of the molecule is CCCNC(c1cc2ccccc2o1)C1CCC(C)C1. The predicted octanol–water partition coefficient (Wildman–Crippen LogP) is 4.91. The first-order valence-corrected chi connectivity index (χ1v) is 7.99. The van der Waals surface area contributed by atoms with Crippen molar-refractivity contribution in [2.75, 3.05) is 6.54 Å². The molecule has 0 spiro atoms. The Morgan fingerprint density at radius 2 is 2.15 bits per heavy atom. The van der Waals surface area contributed by atoms with Crippen LogP contribution in [0.25, 0.3) is 11.0 Å². The first-order chi connectivity index (χ1) is 9.78. The van der Waals surface area contributed by atoms with Crippen LogP contribution in [-0.2, 0) is 0 Å². The minimum Gasteiger partial charge on any atom is -0.459 e. The quantitative estimate of drug-likeness (QED) is 0.836. The molecule has 0 amide bonds. The summed E-state index contributed by atoms with van der Waals surface area (Å²) in [5.74, 6) is 2.70. The highest BCUT2D eigenvalue weighted by Crippen LogP contribution is 2.40. The number of nitrogens with one attached hydrogen (secondary N) is 1. The summed E-state index contributed by atoms with van der Waals surface area (Å²) in [5.41, 5.74) is 1.01. The van der Waals surface area contributed by atoms with E-state index in [1.807, 2.05) is 6.07 Å². The molecule has 108 valence electrons. The molecule has 3 atom stereocenters. The molecule has 1 aliphatic rings. The second-order valence-electron chi connectivity index (χ2n) is 6.30. The molecule has 0 saturated heterocycles. The minimum atomic E-state index is 0.382. The molecule has 1 aromatic heterocycles. The summed E-state index contributed by atoms with van der Waals surface area (Å²) in [4.78, 5) is 0. The molecule has 1 N–H and O–H groups in total. The highest BCUT2D eigenvalue weighted by molar-refractivity contribution is 5.77. The summed E-state index contributed by atoms with van der Waals surface area (Å²) in [6.07, 6.45) is 5.16. The highest BCUT2D eigenvalue weighted by atomic mass is 16.3. The fourth-order valence-corrected chi connectivity index (χ4v) is 3.51. The average Bonchev–Trinajstić information content (AvgIpc) is 3.05. The van der Waals surface area contributed by atoms with E-state index in [9.17, 15) is 0 Å². The second kappa shape index (κ2) is 6.01. The molecule has 20 heavy (non-hydrogen) atoms. The van der Waals surface area contributed by atoms with Crippen LogP contribution in [0.4, 0.5) is 0 Å². The van der Waals surface area contributed by atoms with E-state index in [1.54, 1.807) is 0 Å². The number of hydrogen-bond acceptors (Lipinski definition) is 2. The molecule has 1 fully saturated rings. The Kier molecular flexibility index (Phi) is 4.11. The maximum atomic E-state index is 6.11. The molecule has 0 radical (unpaired) electrons. The molecule has 1 saturated carbocycles. The first-order valence-electron chi connectivity index (χ1n) is 7.99. The lowest BCUT2D eigenvalue weighted by Crippen LogP contribution is -2.27. The van der Waals surface area contributed by atoms with E-state index in [4.69, 9.17) is 4.42 Å². The predicted molar refractivity (Wildman–Crippen MR) is 83.8 cm³/mol. The monoisotopic (exact) mass is 271 g/mol. The zero-order valence-corrected chi connectivity index (χ0v) is 12.6. The summed E-state index contributed by atoms with van der Waals surface area (Å²) in [7, 11) is 0. The standard InChI is InChI=1S/C18H25NO/c1-3-10-19-18(15-9-8-13(2)11-15)17-12-14-6-4-5-7-16(14)20-17/h4-7,12-13,15,18-19H,3,8-11H2,1-2H3. The first kappa shape index (κ1) is 13.7. The van der Waals surface area contributed by atoms with Gasteiger partial charge < -0.3 is 9.73 Å². The topological polar surface area (TPSA) is 25.2 Å². The molecule has 3 unspecified atom stereocenters. The lowest BCUT2D eigenvalue weighted by atomic mass is 9.94. The Hall–Kier alpha value is -1.28. The van der Waals surface area contributed by atoms with E-state index < -0.39 is 0 Å². The van der Waals surface area contributed by atoms with Gasteiger partial charge in [-0.1, -0.05) is 38.5 Å². The molecule has 0 aliphatic heterocycles. The Bertz CT molecular complexity index is 526. The van der Waals surface area contributed by atoms with Gasteiger partial charge in [0.25, 0.3) is 0 Å². The van der Waals surface area contributed by atoms with E-state index in [-0.39, 0.29) is 0 Å². The number of rotatable bonds is 5. The van der Waals surface area contributed by atoms with Gasteiger partial charge in [0, 0.05) is 5.39 Å². The zero-order chi connectivity index (χ0) is 13.9. The molecule has 2 nitrogen and oxygen atoms in total. The number of fused-ring (bicyclic) bond motifs is 1. The lowest BCUT2D eigenvalue weighted by molar-refractivity contribution is 0.314. The fraction of sp³-hybridized carbons (Fsp3) is 0.556. The van der Waals surface area contributed by atoms with Crippen LogP contribution in [0.3, 0.4) is 0 Å². The molecule has 0 bridgehead atoms. The van der Waals surface area contributed by atoms with E-state index in [0.717, 1.165) is 29.7 Å². The van der Waals surface area contributed by atoms with Gasteiger partial charge >= 0.3 is 0 Å². The van der Waals surface area contributed by atoms with Crippen LogP contribution in [0.5, 0.6) is 0 Å². The van der Waals surface area contributed by atoms with Crippen molar-refractivity contribution >= 4 is 11.0 Å². The number of hydrogen-bond donors (Lipinski definition) is 1. The molecule has 1 aromatic carbocycles. The Labute approximate surface area is 121 Å². The van der Waals surface area contributed by atoms with Crippen molar-refractivity contribution in [3.8, 4) is 0 Å². The van der Waals surface area contributed by atoms with Gasteiger partial charge in [0.2, 0.25) is 0 Å². The summed E-state index contributed by atoms with van der Waals surface area (Å²) in [6, 6.07) is 10.9. The van der Waals surface area contributed by atoms with Crippen molar-refractivity contribution in [3.05, 3.63) is 36.1 Å². The van der Waals surface area contributed by atoms with Gasteiger partial charge in [0.1, 0.15) is 11.3 Å². The van der Waals surface area contributed by atoms with Gasteiger partial charge in [-0.3, -0.25) is 0 Å².